The molecule has 0 unspecified atom stereocenters. The molecule has 0 N–H and O–H groups in total. The van der Waals surface area contributed by atoms with Crippen molar-refractivity contribution in [1.29, 1.82) is 5.26 Å². The molecule has 0 fully saturated rings. The van der Waals surface area contributed by atoms with Gasteiger partial charge in [0, 0.05) is 24.5 Å². The van der Waals surface area contributed by atoms with E-state index < -0.39 is 0 Å². The standard InChI is InChI=1S/C21H19ClN4O2/c1-2-28-17-9-7-16(8-10-17)25(15-5-13-23)20(27)12-11-18-21(22)24-19-6-3-4-14-26(18)19/h3-4,6-12,14H,2,5,15H2,1H3/b12-11+. The van der Waals surface area contributed by atoms with Gasteiger partial charge >= 0.3 is 0 Å². The summed E-state index contributed by atoms with van der Waals surface area (Å²) in [4.78, 5) is 18.6. The molecule has 28 heavy (non-hydrogen) atoms. The molecule has 1 aromatic carbocycles. The van der Waals surface area contributed by atoms with E-state index in [-0.39, 0.29) is 18.9 Å². The molecule has 2 heterocycles. The van der Waals surface area contributed by atoms with Crippen LogP contribution in [0.1, 0.15) is 19.0 Å². The quantitative estimate of drug-likeness (QED) is 0.558. The van der Waals surface area contributed by atoms with Crippen LogP contribution in [0.4, 0.5) is 5.69 Å². The van der Waals surface area contributed by atoms with E-state index in [2.05, 4.69) is 11.1 Å². The predicted molar refractivity (Wildman–Crippen MR) is 109 cm³/mol. The van der Waals surface area contributed by atoms with Crippen LogP contribution in [-0.4, -0.2) is 28.4 Å². The Hall–Kier alpha value is -3.30. The molecule has 1 amide bonds. The smallest absolute Gasteiger partial charge is 0.251 e. The first-order valence-corrected chi connectivity index (χ1v) is 9.23. The number of benzene rings is 1. The summed E-state index contributed by atoms with van der Waals surface area (Å²) in [6.45, 7) is 2.76. The molecule has 0 aliphatic carbocycles. The summed E-state index contributed by atoms with van der Waals surface area (Å²) in [6, 6.07) is 14.9. The van der Waals surface area contributed by atoms with E-state index in [1.54, 1.807) is 35.2 Å². The number of pyridine rings is 1. The van der Waals surface area contributed by atoms with Gasteiger partial charge in [0.2, 0.25) is 0 Å². The molecule has 0 bridgehead atoms. The number of nitriles is 1. The van der Waals surface area contributed by atoms with E-state index in [1.807, 2.05) is 35.7 Å². The Morgan fingerprint density at radius 2 is 2.11 bits per heavy atom. The fourth-order valence-electron chi connectivity index (χ4n) is 2.79. The summed E-state index contributed by atoms with van der Waals surface area (Å²) >= 11 is 6.21. The molecule has 0 atom stereocenters. The topological polar surface area (TPSA) is 70.6 Å². The maximum absolute atomic E-state index is 12.8. The molecular weight excluding hydrogens is 376 g/mol. The highest BCUT2D eigenvalue weighted by atomic mass is 35.5. The van der Waals surface area contributed by atoms with Gasteiger partial charge in [0.15, 0.2) is 5.15 Å². The normalized spacial score (nSPS) is 10.9. The zero-order valence-electron chi connectivity index (χ0n) is 15.4. The van der Waals surface area contributed by atoms with E-state index in [1.165, 1.54) is 6.08 Å². The monoisotopic (exact) mass is 394 g/mol. The highest BCUT2D eigenvalue weighted by Crippen LogP contribution is 2.22. The third-order valence-electron chi connectivity index (χ3n) is 4.08. The number of hydrogen-bond acceptors (Lipinski definition) is 4. The minimum Gasteiger partial charge on any atom is -0.494 e. The van der Waals surface area contributed by atoms with Gasteiger partial charge in [0.25, 0.3) is 5.91 Å². The van der Waals surface area contributed by atoms with Crippen LogP contribution in [0.3, 0.4) is 0 Å². The summed E-state index contributed by atoms with van der Waals surface area (Å²) in [5, 5.41) is 9.26. The molecule has 0 aliphatic heterocycles. The Morgan fingerprint density at radius 3 is 2.82 bits per heavy atom. The fourth-order valence-corrected chi connectivity index (χ4v) is 3.03. The first-order valence-electron chi connectivity index (χ1n) is 8.86. The molecule has 142 valence electrons. The molecule has 3 rings (SSSR count). The van der Waals surface area contributed by atoms with Crippen LogP contribution >= 0.6 is 11.6 Å². The van der Waals surface area contributed by atoms with E-state index >= 15 is 0 Å². The Labute approximate surface area is 168 Å². The number of ether oxygens (including phenoxy) is 1. The predicted octanol–water partition coefficient (Wildman–Crippen LogP) is 4.35. The van der Waals surface area contributed by atoms with Crippen LogP contribution < -0.4 is 9.64 Å². The minimum atomic E-state index is -0.249. The molecule has 0 saturated heterocycles. The second-order valence-electron chi connectivity index (χ2n) is 5.87. The van der Waals surface area contributed by atoms with Gasteiger partial charge in [0.05, 0.1) is 24.8 Å². The van der Waals surface area contributed by atoms with E-state index in [4.69, 9.17) is 21.6 Å². The van der Waals surface area contributed by atoms with Crippen molar-refractivity contribution in [3.8, 4) is 11.8 Å². The van der Waals surface area contributed by atoms with Crippen molar-refractivity contribution in [3.05, 3.63) is 65.6 Å². The number of fused-ring (bicyclic) bond motifs is 1. The Bertz CT molecular complexity index is 1030. The number of halogens is 1. The molecule has 0 saturated carbocycles. The average Bonchev–Trinajstić information content (AvgIpc) is 3.03. The first kappa shape index (κ1) is 19.5. The van der Waals surface area contributed by atoms with Crippen molar-refractivity contribution in [1.82, 2.24) is 9.38 Å². The lowest BCUT2D eigenvalue weighted by Gasteiger charge is -2.20. The van der Waals surface area contributed by atoms with E-state index in [0.29, 0.717) is 28.8 Å². The van der Waals surface area contributed by atoms with Crippen LogP contribution in [0.5, 0.6) is 5.75 Å². The number of aromatic nitrogens is 2. The minimum absolute atomic E-state index is 0.225. The lowest BCUT2D eigenvalue weighted by molar-refractivity contribution is -0.114. The van der Waals surface area contributed by atoms with Crippen molar-refractivity contribution in [3.63, 3.8) is 0 Å². The average molecular weight is 395 g/mol. The number of nitrogens with zero attached hydrogens (tertiary/aromatic N) is 4. The van der Waals surface area contributed by atoms with Crippen LogP contribution in [0, 0.1) is 11.3 Å². The summed E-state index contributed by atoms with van der Waals surface area (Å²) in [5.74, 6) is 0.480. The van der Waals surface area contributed by atoms with E-state index in [9.17, 15) is 4.79 Å². The molecule has 3 aromatic rings. The second kappa shape index (κ2) is 9.07. The molecule has 0 spiro atoms. The lowest BCUT2D eigenvalue weighted by atomic mass is 10.2. The molecule has 2 aromatic heterocycles. The number of carbonyl (C=O) groups is 1. The molecule has 0 aliphatic rings. The van der Waals surface area contributed by atoms with Crippen LogP contribution in [0.25, 0.3) is 11.7 Å². The number of amides is 1. The summed E-state index contributed by atoms with van der Waals surface area (Å²) in [7, 11) is 0. The Kier molecular flexibility index (Phi) is 6.30. The van der Waals surface area contributed by atoms with Gasteiger partial charge in [-0.15, -0.1) is 0 Å². The van der Waals surface area contributed by atoms with Gasteiger partial charge in [-0.3, -0.25) is 9.20 Å². The van der Waals surface area contributed by atoms with Crippen molar-refractivity contribution in [2.75, 3.05) is 18.1 Å². The highest BCUT2D eigenvalue weighted by molar-refractivity contribution is 6.31. The van der Waals surface area contributed by atoms with E-state index in [0.717, 1.165) is 5.75 Å². The van der Waals surface area contributed by atoms with Crippen molar-refractivity contribution >= 4 is 34.9 Å². The van der Waals surface area contributed by atoms with Gasteiger partial charge in [0.1, 0.15) is 11.4 Å². The molecule has 7 heteroatoms. The van der Waals surface area contributed by atoms with Gasteiger partial charge in [-0.05, 0) is 49.4 Å². The zero-order chi connectivity index (χ0) is 19.9. The molecular formula is C21H19ClN4O2. The number of carbonyl (C=O) groups excluding carboxylic acids is 1. The molecule has 0 radical (unpaired) electrons. The summed E-state index contributed by atoms with van der Waals surface area (Å²) in [5.41, 5.74) is 2.02. The number of anilines is 1. The van der Waals surface area contributed by atoms with Crippen molar-refractivity contribution in [2.24, 2.45) is 0 Å². The van der Waals surface area contributed by atoms with Crippen LogP contribution in [-0.2, 0) is 4.79 Å². The van der Waals surface area contributed by atoms with Crippen LogP contribution in [0.15, 0.2) is 54.7 Å². The number of hydrogen-bond donors (Lipinski definition) is 0. The molecule has 6 nitrogen and oxygen atoms in total. The third-order valence-corrected chi connectivity index (χ3v) is 4.36. The second-order valence-corrected chi connectivity index (χ2v) is 6.23. The summed E-state index contributed by atoms with van der Waals surface area (Å²) in [6.07, 6.45) is 5.14. The van der Waals surface area contributed by atoms with Crippen molar-refractivity contribution in [2.45, 2.75) is 13.3 Å². The number of imidazole rings is 1. The van der Waals surface area contributed by atoms with Crippen molar-refractivity contribution < 1.29 is 9.53 Å². The summed E-state index contributed by atoms with van der Waals surface area (Å²) < 4.78 is 7.25. The van der Waals surface area contributed by atoms with Gasteiger partial charge in [-0.1, -0.05) is 17.7 Å². The highest BCUT2D eigenvalue weighted by Gasteiger charge is 2.14. The maximum Gasteiger partial charge on any atom is 0.251 e. The van der Waals surface area contributed by atoms with Gasteiger partial charge in [-0.25, -0.2) is 4.98 Å². The van der Waals surface area contributed by atoms with Crippen LogP contribution in [0.2, 0.25) is 5.15 Å². The fraction of sp³-hybridized carbons (Fsp3) is 0.190. The Morgan fingerprint density at radius 1 is 1.32 bits per heavy atom. The SMILES string of the molecule is CCOc1ccc(N(CCC#N)C(=O)/C=C/c2c(Cl)nc3ccccn23)cc1. The number of rotatable bonds is 7. The van der Waals surface area contributed by atoms with Gasteiger partial charge in [-0.2, -0.15) is 5.26 Å². The maximum atomic E-state index is 12.8. The third kappa shape index (κ3) is 4.33. The zero-order valence-corrected chi connectivity index (χ0v) is 16.1. The first-order chi connectivity index (χ1) is 13.6. The van der Waals surface area contributed by atoms with Gasteiger partial charge < -0.3 is 9.64 Å². The lowest BCUT2D eigenvalue weighted by Crippen LogP contribution is -2.30. The largest absolute Gasteiger partial charge is 0.494 e. The Balaban J connectivity index is 1.85.